The van der Waals surface area contributed by atoms with E-state index in [2.05, 4.69) is 29.6 Å². The van der Waals surface area contributed by atoms with E-state index in [1.54, 1.807) is 0 Å². The van der Waals surface area contributed by atoms with Gasteiger partial charge in [0.2, 0.25) is 0 Å². The number of carboxylic acid groups (broad SMARTS) is 1. The molecule has 0 radical (unpaired) electrons. The van der Waals surface area contributed by atoms with Gasteiger partial charge in [-0.15, -0.1) is 0 Å². The van der Waals surface area contributed by atoms with Gasteiger partial charge in [-0.05, 0) is 46.4 Å². The van der Waals surface area contributed by atoms with Crippen molar-refractivity contribution in [3.8, 4) is 22.6 Å². The van der Waals surface area contributed by atoms with Crippen LogP contribution >= 0.6 is 0 Å². The van der Waals surface area contributed by atoms with E-state index in [9.17, 15) is 14.7 Å². The highest BCUT2D eigenvalue weighted by Crippen LogP contribution is 2.36. The Morgan fingerprint density at radius 1 is 0.968 bits per heavy atom. The van der Waals surface area contributed by atoms with Crippen LogP contribution in [0.25, 0.3) is 11.1 Å². The molecule has 1 amide bonds. The number of benzene rings is 3. The van der Waals surface area contributed by atoms with E-state index in [1.807, 2.05) is 18.2 Å². The number of carboxylic acids is 1. The molecule has 0 aliphatic heterocycles. The van der Waals surface area contributed by atoms with Crippen LogP contribution < -0.4 is 10.1 Å². The summed E-state index contributed by atoms with van der Waals surface area (Å²) in [5.41, 5.74) is 5.74. The minimum Gasteiger partial charge on any atom is -0.507 e. The Morgan fingerprint density at radius 3 is 2.58 bits per heavy atom. The van der Waals surface area contributed by atoms with E-state index < -0.39 is 12.1 Å². The molecule has 7 nitrogen and oxygen atoms in total. The zero-order chi connectivity index (χ0) is 21.8. The van der Waals surface area contributed by atoms with Crippen molar-refractivity contribution in [1.82, 2.24) is 5.32 Å². The van der Waals surface area contributed by atoms with Crippen molar-refractivity contribution in [3.05, 3.63) is 82.9 Å². The number of rotatable bonds is 7. The molecule has 1 aliphatic rings. The molecule has 1 aliphatic carbocycles. The molecule has 0 fully saturated rings. The number of carbonyl (C=O) groups is 2. The number of aromatic carboxylic acids is 1. The van der Waals surface area contributed by atoms with Crippen molar-refractivity contribution < 1.29 is 29.3 Å². The first-order valence-corrected chi connectivity index (χ1v) is 9.81. The summed E-state index contributed by atoms with van der Waals surface area (Å²) in [5, 5.41) is 21.1. The monoisotopic (exact) mass is 419 g/mol. The number of fused-ring (bicyclic) bond motifs is 3. The normalized spacial score (nSPS) is 11.4. The maximum absolute atomic E-state index is 11.9. The topological polar surface area (TPSA) is 105 Å². The summed E-state index contributed by atoms with van der Waals surface area (Å²) in [5.74, 6) is -1.30. The molecule has 0 saturated carbocycles. The van der Waals surface area contributed by atoms with Gasteiger partial charge in [0.1, 0.15) is 30.3 Å². The SMILES string of the molecule is O=C(NCCOc1ccc(C(=O)O)c(O)c1)OCc1ccc2c(c1)Cc1ccccc1-2. The van der Waals surface area contributed by atoms with Crippen LogP contribution in [-0.4, -0.2) is 35.4 Å². The second-order valence-electron chi connectivity index (χ2n) is 7.16. The molecule has 158 valence electrons. The lowest BCUT2D eigenvalue weighted by Crippen LogP contribution is -2.28. The van der Waals surface area contributed by atoms with Gasteiger partial charge in [0.25, 0.3) is 0 Å². The van der Waals surface area contributed by atoms with Gasteiger partial charge in [-0.1, -0.05) is 42.5 Å². The minimum absolute atomic E-state index is 0.137. The number of aromatic hydroxyl groups is 1. The first-order valence-electron chi connectivity index (χ1n) is 9.81. The number of phenols is 1. The van der Waals surface area contributed by atoms with Crippen molar-refractivity contribution in [2.45, 2.75) is 13.0 Å². The van der Waals surface area contributed by atoms with Gasteiger partial charge in [0.05, 0.1) is 6.54 Å². The quantitative estimate of drug-likeness (QED) is 0.392. The Balaban J connectivity index is 1.21. The summed E-state index contributed by atoms with van der Waals surface area (Å²) in [6, 6.07) is 18.3. The summed E-state index contributed by atoms with van der Waals surface area (Å²) < 4.78 is 10.7. The van der Waals surface area contributed by atoms with E-state index in [4.69, 9.17) is 14.6 Å². The summed E-state index contributed by atoms with van der Waals surface area (Å²) in [6.45, 7) is 0.499. The number of nitrogens with one attached hydrogen (secondary N) is 1. The second kappa shape index (κ2) is 8.79. The van der Waals surface area contributed by atoms with E-state index in [0.29, 0.717) is 5.75 Å². The Labute approximate surface area is 178 Å². The number of hydrogen-bond donors (Lipinski definition) is 3. The molecule has 31 heavy (non-hydrogen) atoms. The van der Waals surface area contributed by atoms with Gasteiger partial charge in [0.15, 0.2) is 0 Å². The number of hydrogen-bond acceptors (Lipinski definition) is 5. The molecule has 3 aromatic rings. The molecule has 4 rings (SSSR count). The van der Waals surface area contributed by atoms with Crippen LogP contribution in [0.2, 0.25) is 0 Å². The molecule has 3 aromatic carbocycles. The van der Waals surface area contributed by atoms with Crippen LogP contribution in [0.4, 0.5) is 4.79 Å². The third-order valence-electron chi connectivity index (χ3n) is 5.07. The fraction of sp³-hybridized carbons (Fsp3) is 0.167. The minimum atomic E-state index is -1.22. The standard InChI is InChI=1S/C24H21NO6/c26-22-13-18(6-8-21(22)23(27)28)30-10-9-25-24(29)31-14-15-5-7-20-17(11-15)12-16-3-1-2-4-19(16)20/h1-8,11,13,26H,9-10,12,14H2,(H,25,29)(H,27,28). The Kier molecular flexibility index (Phi) is 5.75. The third-order valence-corrected chi connectivity index (χ3v) is 5.07. The van der Waals surface area contributed by atoms with E-state index in [1.165, 1.54) is 40.5 Å². The highest BCUT2D eigenvalue weighted by atomic mass is 16.5. The van der Waals surface area contributed by atoms with E-state index in [0.717, 1.165) is 12.0 Å². The largest absolute Gasteiger partial charge is 0.507 e. The Bertz CT molecular complexity index is 1140. The highest BCUT2D eigenvalue weighted by molar-refractivity contribution is 5.90. The van der Waals surface area contributed by atoms with Gasteiger partial charge >= 0.3 is 12.1 Å². The summed E-state index contributed by atoms with van der Waals surface area (Å²) in [4.78, 5) is 22.8. The fourth-order valence-electron chi connectivity index (χ4n) is 3.59. The van der Waals surface area contributed by atoms with Gasteiger partial charge in [-0.2, -0.15) is 0 Å². The predicted octanol–water partition coefficient (Wildman–Crippen LogP) is 3.97. The highest BCUT2D eigenvalue weighted by Gasteiger charge is 2.18. The first kappa shape index (κ1) is 20.3. The zero-order valence-electron chi connectivity index (χ0n) is 16.6. The van der Waals surface area contributed by atoms with Crippen LogP contribution in [0.5, 0.6) is 11.5 Å². The Morgan fingerprint density at radius 2 is 1.77 bits per heavy atom. The molecule has 7 heteroatoms. The predicted molar refractivity (Wildman–Crippen MR) is 113 cm³/mol. The maximum Gasteiger partial charge on any atom is 0.407 e. The number of amides is 1. The fourth-order valence-corrected chi connectivity index (χ4v) is 3.59. The molecule has 0 aromatic heterocycles. The molecule has 3 N–H and O–H groups in total. The van der Waals surface area contributed by atoms with Gasteiger partial charge in [-0.25, -0.2) is 9.59 Å². The van der Waals surface area contributed by atoms with Crippen LogP contribution in [0, 0.1) is 0 Å². The molecular weight excluding hydrogens is 398 g/mol. The van der Waals surface area contributed by atoms with E-state index in [-0.39, 0.29) is 31.1 Å². The molecule has 0 atom stereocenters. The first-order chi connectivity index (χ1) is 15.0. The van der Waals surface area contributed by atoms with Crippen molar-refractivity contribution in [2.24, 2.45) is 0 Å². The summed E-state index contributed by atoms with van der Waals surface area (Å²) >= 11 is 0. The lowest BCUT2D eigenvalue weighted by molar-refractivity contribution is 0.0693. The Hall–Kier alpha value is -4.00. The van der Waals surface area contributed by atoms with Gasteiger partial charge in [-0.3, -0.25) is 0 Å². The maximum atomic E-state index is 11.9. The van der Waals surface area contributed by atoms with Crippen molar-refractivity contribution in [3.63, 3.8) is 0 Å². The number of ether oxygens (including phenoxy) is 2. The van der Waals surface area contributed by atoms with Crippen LogP contribution in [0.3, 0.4) is 0 Å². The lowest BCUT2D eigenvalue weighted by atomic mass is 10.0. The van der Waals surface area contributed by atoms with Crippen LogP contribution in [0.1, 0.15) is 27.0 Å². The average molecular weight is 419 g/mol. The lowest BCUT2D eigenvalue weighted by Gasteiger charge is -2.10. The molecule has 0 unspecified atom stereocenters. The zero-order valence-corrected chi connectivity index (χ0v) is 16.6. The molecular formula is C24H21NO6. The van der Waals surface area contributed by atoms with Crippen molar-refractivity contribution in [1.29, 1.82) is 0 Å². The molecule has 0 bridgehead atoms. The smallest absolute Gasteiger partial charge is 0.407 e. The van der Waals surface area contributed by atoms with Crippen molar-refractivity contribution >= 4 is 12.1 Å². The molecule has 0 spiro atoms. The van der Waals surface area contributed by atoms with E-state index >= 15 is 0 Å². The summed E-state index contributed by atoms with van der Waals surface area (Å²) in [7, 11) is 0. The third kappa shape index (κ3) is 4.61. The van der Waals surface area contributed by atoms with Crippen LogP contribution in [-0.2, 0) is 17.8 Å². The average Bonchev–Trinajstić information content (AvgIpc) is 3.13. The summed E-state index contributed by atoms with van der Waals surface area (Å²) in [6.07, 6.45) is 0.322. The number of alkyl carbamates (subject to hydrolysis) is 1. The van der Waals surface area contributed by atoms with Crippen molar-refractivity contribution in [2.75, 3.05) is 13.2 Å². The van der Waals surface area contributed by atoms with Gasteiger partial charge in [0, 0.05) is 6.07 Å². The molecule has 0 heterocycles. The number of carbonyl (C=O) groups excluding carboxylic acids is 1. The molecule has 0 saturated heterocycles. The van der Waals surface area contributed by atoms with Gasteiger partial charge < -0.3 is 25.0 Å². The second-order valence-corrected chi connectivity index (χ2v) is 7.16. The van der Waals surface area contributed by atoms with Crippen LogP contribution in [0.15, 0.2) is 60.7 Å².